The second-order valence-corrected chi connectivity index (χ2v) is 4.74. The van der Waals surface area contributed by atoms with Gasteiger partial charge in [-0.05, 0) is 18.2 Å². The molecule has 0 radical (unpaired) electrons. The third-order valence-electron chi connectivity index (χ3n) is 1.95. The van der Waals surface area contributed by atoms with Crippen molar-refractivity contribution in [2.75, 3.05) is 0 Å². The van der Waals surface area contributed by atoms with Crippen LogP contribution in [0, 0.1) is 0 Å². The summed E-state index contributed by atoms with van der Waals surface area (Å²) in [5.74, 6) is 0. The summed E-state index contributed by atoms with van der Waals surface area (Å²) in [7, 11) is 0. The van der Waals surface area contributed by atoms with Crippen LogP contribution in [0.1, 0.15) is 9.67 Å². The number of hydrogen-bond acceptors (Lipinski definition) is 3. The van der Waals surface area contributed by atoms with Crippen molar-refractivity contribution in [3.8, 4) is 5.69 Å². The van der Waals surface area contributed by atoms with Crippen molar-refractivity contribution in [3.05, 3.63) is 49.0 Å². The lowest BCUT2D eigenvalue weighted by atomic mass is 10.3. The number of hydrogen-bond donors (Lipinski definition) is 0. The number of aldehydes is 1. The lowest BCUT2D eigenvalue weighted by molar-refractivity contribution is 0.112. The van der Waals surface area contributed by atoms with Gasteiger partial charge in [0.25, 0.3) is 0 Å². The van der Waals surface area contributed by atoms with E-state index in [4.69, 9.17) is 23.2 Å². The van der Waals surface area contributed by atoms with Crippen LogP contribution < -0.4 is 4.87 Å². The zero-order valence-corrected chi connectivity index (χ0v) is 10.1. The molecular weight excluding hydrogens is 269 g/mol. The topological polar surface area (TPSA) is 39.1 Å². The zero-order valence-electron chi connectivity index (χ0n) is 7.81. The van der Waals surface area contributed by atoms with Gasteiger partial charge in [0.1, 0.15) is 10.0 Å². The molecule has 82 valence electrons. The first-order chi connectivity index (χ1) is 7.63. The van der Waals surface area contributed by atoms with Crippen molar-refractivity contribution in [3.63, 3.8) is 0 Å². The molecule has 16 heavy (non-hydrogen) atoms. The van der Waals surface area contributed by atoms with E-state index in [0.717, 1.165) is 11.3 Å². The molecule has 0 aliphatic heterocycles. The molecule has 0 atom stereocenters. The molecule has 2 aromatic rings. The van der Waals surface area contributed by atoms with Crippen molar-refractivity contribution in [1.29, 1.82) is 0 Å². The molecule has 6 heteroatoms. The van der Waals surface area contributed by atoms with E-state index in [9.17, 15) is 9.59 Å². The zero-order chi connectivity index (χ0) is 11.7. The number of carbonyl (C=O) groups excluding carboxylic acids is 1. The fourth-order valence-electron chi connectivity index (χ4n) is 1.28. The maximum absolute atomic E-state index is 11.6. The molecule has 0 fully saturated rings. The van der Waals surface area contributed by atoms with E-state index >= 15 is 0 Å². The second kappa shape index (κ2) is 4.41. The van der Waals surface area contributed by atoms with Crippen LogP contribution in [0.25, 0.3) is 5.69 Å². The Hall–Kier alpha value is -1.10. The van der Waals surface area contributed by atoms with Crippen molar-refractivity contribution >= 4 is 40.8 Å². The quantitative estimate of drug-likeness (QED) is 0.789. The van der Waals surface area contributed by atoms with Gasteiger partial charge in [-0.2, -0.15) is 0 Å². The predicted octanol–water partition coefficient (Wildman–Crippen LogP) is 3.02. The van der Waals surface area contributed by atoms with Gasteiger partial charge in [-0.3, -0.25) is 14.2 Å². The number of rotatable bonds is 2. The molecule has 2 rings (SSSR count). The summed E-state index contributed by atoms with van der Waals surface area (Å²) >= 11 is 12.5. The van der Waals surface area contributed by atoms with E-state index in [1.54, 1.807) is 24.3 Å². The van der Waals surface area contributed by atoms with Gasteiger partial charge < -0.3 is 0 Å². The highest BCUT2D eigenvalue weighted by Gasteiger charge is 2.13. The first kappa shape index (κ1) is 11.4. The van der Waals surface area contributed by atoms with E-state index in [1.807, 2.05) is 0 Å². The van der Waals surface area contributed by atoms with Crippen LogP contribution in [0.4, 0.5) is 0 Å². The maximum atomic E-state index is 11.6. The van der Waals surface area contributed by atoms with Crippen LogP contribution in [0.15, 0.2) is 29.1 Å². The molecule has 1 aromatic carbocycles. The second-order valence-electron chi connectivity index (χ2n) is 2.96. The average molecular weight is 274 g/mol. The molecule has 0 saturated heterocycles. The Balaban J connectivity index is 2.69. The van der Waals surface area contributed by atoms with Crippen molar-refractivity contribution in [2.24, 2.45) is 0 Å². The third-order valence-corrected chi connectivity index (χ3v) is 3.54. The highest BCUT2D eigenvalue weighted by molar-refractivity contribution is 7.11. The Morgan fingerprint density at radius 3 is 2.62 bits per heavy atom. The number of thiazole rings is 1. The molecule has 0 amide bonds. The highest BCUT2D eigenvalue weighted by atomic mass is 35.5. The molecule has 0 unspecified atom stereocenters. The summed E-state index contributed by atoms with van der Waals surface area (Å²) in [5, 5.41) is 0.617. The van der Waals surface area contributed by atoms with Crippen LogP contribution >= 0.6 is 34.5 Å². The smallest absolute Gasteiger partial charge is 0.297 e. The van der Waals surface area contributed by atoms with Crippen LogP contribution in [-0.4, -0.2) is 10.9 Å². The Bertz CT molecular complexity index is 603. The van der Waals surface area contributed by atoms with Crippen LogP contribution in [-0.2, 0) is 0 Å². The summed E-state index contributed by atoms with van der Waals surface area (Å²) in [6, 6.07) is 6.70. The molecule has 1 heterocycles. The fourth-order valence-corrected chi connectivity index (χ4v) is 2.55. The Labute approximate surface area is 105 Å². The monoisotopic (exact) mass is 273 g/mol. The first-order valence-electron chi connectivity index (χ1n) is 4.26. The van der Waals surface area contributed by atoms with E-state index in [-0.39, 0.29) is 14.9 Å². The molecule has 0 spiro atoms. The van der Waals surface area contributed by atoms with Gasteiger partial charge in [-0.1, -0.05) is 40.6 Å². The van der Waals surface area contributed by atoms with E-state index in [2.05, 4.69) is 0 Å². The summed E-state index contributed by atoms with van der Waals surface area (Å²) in [5.41, 5.74) is 0.548. The Morgan fingerprint density at radius 2 is 2.06 bits per heavy atom. The highest BCUT2D eigenvalue weighted by Crippen LogP contribution is 2.22. The molecule has 0 saturated carbocycles. The molecule has 0 N–H and O–H groups in total. The number of aromatic nitrogens is 1. The first-order valence-corrected chi connectivity index (χ1v) is 5.83. The SMILES string of the molecule is O=Cc1sc(=O)n(-c2cccc(Cl)c2)c1Cl. The standard InChI is InChI=1S/C10H5Cl2NO2S/c11-6-2-1-3-7(4-6)13-9(12)8(5-14)16-10(13)15/h1-5H. The average Bonchev–Trinajstić information content (AvgIpc) is 2.53. The minimum absolute atomic E-state index is 0.118. The lowest BCUT2D eigenvalue weighted by Gasteiger charge is -2.02. The van der Waals surface area contributed by atoms with Crippen LogP contribution in [0.2, 0.25) is 10.2 Å². The van der Waals surface area contributed by atoms with E-state index in [1.165, 1.54) is 4.57 Å². The fraction of sp³-hybridized carbons (Fsp3) is 0. The maximum Gasteiger partial charge on any atom is 0.313 e. The Morgan fingerprint density at radius 1 is 1.31 bits per heavy atom. The molecule has 3 nitrogen and oxygen atoms in total. The third kappa shape index (κ3) is 1.91. The molecule has 0 bridgehead atoms. The largest absolute Gasteiger partial charge is 0.313 e. The predicted molar refractivity (Wildman–Crippen MR) is 65.3 cm³/mol. The van der Waals surface area contributed by atoms with Gasteiger partial charge in [0, 0.05) is 5.02 Å². The van der Waals surface area contributed by atoms with Crippen molar-refractivity contribution in [1.82, 2.24) is 4.57 Å². The van der Waals surface area contributed by atoms with Crippen LogP contribution in [0.3, 0.4) is 0 Å². The lowest BCUT2D eigenvalue weighted by Crippen LogP contribution is -2.10. The van der Waals surface area contributed by atoms with Gasteiger partial charge in [-0.25, -0.2) is 0 Å². The van der Waals surface area contributed by atoms with Gasteiger partial charge in [0.2, 0.25) is 0 Å². The Kier molecular flexibility index (Phi) is 3.14. The number of nitrogens with zero attached hydrogens (tertiary/aromatic N) is 1. The summed E-state index contributed by atoms with van der Waals surface area (Å²) < 4.78 is 1.25. The van der Waals surface area contributed by atoms with Crippen LogP contribution in [0.5, 0.6) is 0 Å². The number of carbonyl (C=O) groups is 1. The minimum atomic E-state index is -0.311. The molecule has 1 aromatic heterocycles. The van der Waals surface area contributed by atoms with Gasteiger partial charge in [-0.15, -0.1) is 0 Å². The summed E-state index contributed by atoms with van der Waals surface area (Å²) in [6.45, 7) is 0. The molecule has 0 aliphatic carbocycles. The van der Waals surface area contributed by atoms with Gasteiger partial charge in [0.15, 0.2) is 6.29 Å². The minimum Gasteiger partial charge on any atom is -0.297 e. The van der Waals surface area contributed by atoms with Gasteiger partial charge in [0.05, 0.1) is 5.69 Å². The summed E-state index contributed by atoms with van der Waals surface area (Å²) in [6.07, 6.45) is 0.565. The molecular formula is C10H5Cl2NO2S. The summed E-state index contributed by atoms with van der Waals surface area (Å²) in [4.78, 5) is 22.2. The number of benzene rings is 1. The van der Waals surface area contributed by atoms with E-state index in [0.29, 0.717) is 17.0 Å². The normalized spacial score (nSPS) is 10.4. The van der Waals surface area contributed by atoms with Crippen molar-refractivity contribution < 1.29 is 4.79 Å². The van der Waals surface area contributed by atoms with Crippen molar-refractivity contribution in [2.45, 2.75) is 0 Å². The van der Waals surface area contributed by atoms with Gasteiger partial charge >= 0.3 is 4.87 Å². The molecule has 0 aliphatic rings. The van der Waals surface area contributed by atoms with E-state index < -0.39 is 0 Å². The number of halogens is 2.